The number of aromatic nitrogens is 3. The van der Waals surface area contributed by atoms with Gasteiger partial charge in [0.1, 0.15) is 0 Å². The van der Waals surface area contributed by atoms with Gasteiger partial charge in [0, 0.05) is 23.0 Å². The Kier molecular flexibility index (Phi) is 5.63. The number of pyridine rings is 1. The molecule has 0 unspecified atom stereocenters. The highest BCUT2D eigenvalue weighted by Crippen LogP contribution is 2.23. The van der Waals surface area contributed by atoms with E-state index < -0.39 is 12.3 Å². The Labute approximate surface area is 158 Å². The van der Waals surface area contributed by atoms with Crippen molar-refractivity contribution in [3.63, 3.8) is 0 Å². The lowest BCUT2D eigenvalue weighted by molar-refractivity contribution is 0.116. The second kappa shape index (κ2) is 8.11. The SMILES string of the molecule is N/C(=C\N(N)Cc1ccc(-c2nnc(C(F)F)o2)cn1)c1cccc(Cl)c1. The Bertz CT molecular complexity index is 945. The fraction of sp³-hybridized carbons (Fsp3) is 0.118. The number of rotatable bonds is 6. The second-order valence-corrected chi connectivity index (χ2v) is 5.99. The van der Waals surface area contributed by atoms with Crippen LogP contribution in [-0.2, 0) is 6.54 Å². The number of benzene rings is 1. The van der Waals surface area contributed by atoms with Crippen LogP contribution >= 0.6 is 11.6 Å². The van der Waals surface area contributed by atoms with Gasteiger partial charge in [-0.15, -0.1) is 10.2 Å². The monoisotopic (exact) mass is 392 g/mol. The van der Waals surface area contributed by atoms with Gasteiger partial charge in [-0.3, -0.25) is 4.98 Å². The summed E-state index contributed by atoms with van der Waals surface area (Å²) in [5.41, 5.74) is 8.26. The standard InChI is InChI=1S/C17H15ClF2N6O/c18-12-3-1-2-10(6-12)14(21)9-26(22)8-13-5-4-11(7-23-13)16-24-25-17(27-16)15(19)20/h1-7,9,15H,8,21-22H2/b14-9-. The molecule has 0 spiro atoms. The predicted octanol–water partition coefficient (Wildman–Crippen LogP) is 3.36. The van der Waals surface area contributed by atoms with Crippen molar-refractivity contribution in [2.75, 3.05) is 0 Å². The summed E-state index contributed by atoms with van der Waals surface area (Å²) >= 11 is 5.94. The summed E-state index contributed by atoms with van der Waals surface area (Å²) in [5, 5.41) is 8.79. The minimum Gasteiger partial charge on any atom is -0.415 e. The quantitative estimate of drug-likeness (QED) is 0.489. The van der Waals surface area contributed by atoms with Gasteiger partial charge in [-0.25, -0.2) is 5.84 Å². The third-order valence-electron chi connectivity index (χ3n) is 3.51. The highest BCUT2D eigenvalue weighted by atomic mass is 35.5. The van der Waals surface area contributed by atoms with Crippen molar-refractivity contribution in [3.8, 4) is 11.5 Å². The molecule has 0 aliphatic carbocycles. The van der Waals surface area contributed by atoms with Crippen molar-refractivity contribution >= 4 is 17.3 Å². The maximum absolute atomic E-state index is 12.5. The van der Waals surface area contributed by atoms with Crippen LogP contribution in [-0.4, -0.2) is 20.2 Å². The van der Waals surface area contributed by atoms with Gasteiger partial charge in [-0.2, -0.15) is 8.78 Å². The van der Waals surface area contributed by atoms with Gasteiger partial charge >= 0.3 is 6.43 Å². The highest BCUT2D eigenvalue weighted by Gasteiger charge is 2.17. The van der Waals surface area contributed by atoms with E-state index in [2.05, 4.69) is 15.2 Å². The van der Waals surface area contributed by atoms with E-state index in [1.54, 1.807) is 36.5 Å². The Morgan fingerprint density at radius 2 is 2.07 bits per heavy atom. The molecule has 3 rings (SSSR count). The van der Waals surface area contributed by atoms with Gasteiger partial charge in [0.25, 0.3) is 5.89 Å². The van der Waals surface area contributed by atoms with Gasteiger partial charge in [-0.05, 0) is 24.3 Å². The molecular weight excluding hydrogens is 378 g/mol. The van der Waals surface area contributed by atoms with Gasteiger partial charge in [0.05, 0.1) is 23.5 Å². The van der Waals surface area contributed by atoms with Crippen LogP contribution in [0.3, 0.4) is 0 Å². The topological polar surface area (TPSA) is 107 Å². The number of hydrogen-bond acceptors (Lipinski definition) is 7. The average Bonchev–Trinajstić information content (AvgIpc) is 3.12. The van der Waals surface area contributed by atoms with Gasteiger partial charge < -0.3 is 15.2 Å². The number of nitrogens with zero attached hydrogens (tertiary/aromatic N) is 4. The maximum Gasteiger partial charge on any atom is 0.314 e. The predicted molar refractivity (Wildman–Crippen MR) is 95.8 cm³/mol. The van der Waals surface area contributed by atoms with Crippen molar-refractivity contribution in [1.82, 2.24) is 20.2 Å². The molecule has 0 bridgehead atoms. The molecule has 10 heteroatoms. The lowest BCUT2D eigenvalue weighted by Gasteiger charge is -2.15. The molecule has 0 fully saturated rings. The van der Waals surface area contributed by atoms with E-state index in [9.17, 15) is 8.78 Å². The normalized spacial score (nSPS) is 11.8. The fourth-order valence-corrected chi connectivity index (χ4v) is 2.43. The van der Waals surface area contributed by atoms with Crippen molar-refractivity contribution in [1.29, 1.82) is 0 Å². The first-order valence-electron chi connectivity index (χ1n) is 7.74. The molecule has 0 saturated heterocycles. The summed E-state index contributed by atoms with van der Waals surface area (Å²) in [6.07, 6.45) is 0.186. The molecule has 2 heterocycles. The van der Waals surface area contributed by atoms with Gasteiger partial charge in [0.15, 0.2) is 0 Å². The Hall–Kier alpha value is -3.04. The summed E-state index contributed by atoms with van der Waals surface area (Å²) in [6.45, 7) is 0.271. The van der Waals surface area contributed by atoms with Crippen LogP contribution in [0.15, 0.2) is 53.2 Å². The van der Waals surface area contributed by atoms with Crippen molar-refractivity contribution in [2.45, 2.75) is 13.0 Å². The molecule has 7 nitrogen and oxygen atoms in total. The van der Waals surface area contributed by atoms with E-state index in [1.165, 1.54) is 11.2 Å². The van der Waals surface area contributed by atoms with Crippen LogP contribution in [0.4, 0.5) is 8.78 Å². The molecule has 27 heavy (non-hydrogen) atoms. The minimum absolute atomic E-state index is 0.0287. The van der Waals surface area contributed by atoms with E-state index in [1.807, 2.05) is 6.07 Å². The van der Waals surface area contributed by atoms with Crippen LogP contribution < -0.4 is 11.6 Å². The number of alkyl halides is 2. The summed E-state index contributed by atoms with van der Waals surface area (Å²) in [4.78, 5) is 4.22. The summed E-state index contributed by atoms with van der Waals surface area (Å²) in [5.74, 6) is 5.19. The summed E-state index contributed by atoms with van der Waals surface area (Å²) < 4.78 is 29.9. The molecule has 0 aliphatic rings. The van der Waals surface area contributed by atoms with Crippen LogP contribution in [0, 0.1) is 0 Å². The zero-order valence-corrected chi connectivity index (χ0v) is 14.6. The molecule has 3 aromatic rings. The molecule has 0 aliphatic heterocycles. The van der Waals surface area contributed by atoms with Gasteiger partial charge in [0.2, 0.25) is 5.89 Å². The highest BCUT2D eigenvalue weighted by molar-refractivity contribution is 6.30. The first-order chi connectivity index (χ1) is 12.9. The summed E-state index contributed by atoms with van der Waals surface area (Å²) in [6, 6.07) is 10.4. The van der Waals surface area contributed by atoms with E-state index >= 15 is 0 Å². The zero-order valence-electron chi connectivity index (χ0n) is 13.9. The van der Waals surface area contributed by atoms with Crippen LogP contribution in [0.1, 0.15) is 23.6 Å². The largest absolute Gasteiger partial charge is 0.415 e. The van der Waals surface area contributed by atoms with Crippen molar-refractivity contribution < 1.29 is 13.2 Å². The Morgan fingerprint density at radius 3 is 2.70 bits per heavy atom. The second-order valence-electron chi connectivity index (χ2n) is 5.55. The number of hydrogen-bond donors (Lipinski definition) is 2. The molecule has 4 N–H and O–H groups in total. The molecule has 0 amide bonds. The molecule has 0 radical (unpaired) electrons. The zero-order chi connectivity index (χ0) is 19.4. The molecular formula is C17H15ClF2N6O. The smallest absolute Gasteiger partial charge is 0.314 e. The van der Waals surface area contributed by atoms with Crippen LogP contribution in [0.2, 0.25) is 5.02 Å². The lowest BCUT2D eigenvalue weighted by Crippen LogP contribution is -2.26. The van der Waals surface area contributed by atoms with Crippen molar-refractivity contribution in [3.05, 3.63) is 71.0 Å². The minimum atomic E-state index is -2.82. The Morgan fingerprint density at radius 1 is 1.26 bits per heavy atom. The molecule has 0 atom stereocenters. The maximum atomic E-state index is 12.5. The van der Waals surface area contributed by atoms with Crippen molar-refractivity contribution in [2.24, 2.45) is 11.6 Å². The molecule has 0 saturated carbocycles. The number of hydrazine groups is 1. The fourth-order valence-electron chi connectivity index (χ4n) is 2.24. The van der Waals surface area contributed by atoms with Gasteiger partial charge in [-0.1, -0.05) is 23.7 Å². The van der Waals surface area contributed by atoms with E-state index in [0.29, 0.717) is 22.0 Å². The average molecular weight is 393 g/mol. The molecule has 140 valence electrons. The third kappa shape index (κ3) is 4.78. The van der Waals surface area contributed by atoms with E-state index in [-0.39, 0.29) is 12.4 Å². The third-order valence-corrected chi connectivity index (χ3v) is 3.74. The molecule has 2 aromatic heterocycles. The number of halogens is 3. The van der Waals surface area contributed by atoms with E-state index in [4.69, 9.17) is 27.6 Å². The van der Waals surface area contributed by atoms with Crippen LogP contribution in [0.25, 0.3) is 17.2 Å². The lowest BCUT2D eigenvalue weighted by atomic mass is 10.2. The van der Waals surface area contributed by atoms with Crippen LogP contribution in [0.5, 0.6) is 0 Å². The summed E-state index contributed by atoms with van der Waals surface area (Å²) in [7, 11) is 0. The first-order valence-corrected chi connectivity index (χ1v) is 8.11. The van der Waals surface area contributed by atoms with E-state index in [0.717, 1.165) is 5.56 Å². The first kappa shape index (κ1) is 18.7. The number of nitrogens with two attached hydrogens (primary N) is 2. The molecule has 1 aromatic carbocycles. The Balaban J connectivity index is 1.67.